The van der Waals surface area contributed by atoms with Crippen molar-refractivity contribution in [3.8, 4) is 17.2 Å². The number of hydrogen-bond donors (Lipinski definition) is 0. The van der Waals surface area contributed by atoms with Crippen molar-refractivity contribution in [3.05, 3.63) is 113 Å². The van der Waals surface area contributed by atoms with Gasteiger partial charge in [-0.2, -0.15) is 4.89 Å². The Morgan fingerprint density at radius 3 is 1.81 bits per heavy atom. The molecular formula is C50H62O13. The third-order valence-corrected chi connectivity index (χ3v) is 9.89. The van der Waals surface area contributed by atoms with Crippen LogP contribution in [0.25, 0.3) is 11.6 Å². The molecule has 0 radical (unpaired) electrons. The number of unbranched alkanes of at least 4 members (excludes halogenated alkanes) is 11. The van der Waals surface area contributed by atoms with Crippen LogP contribution in [-0.4, -0.2) is 71.0 Å². The standard InChI is InChI=1S/C50H62O13/c1-36(2)47(52)59-31-17-13-10-8-7-9-11-14-18-32-60-50(55)43-35-42(62-49(54)40-24-21-38(22-25-40)23-30-46(51)57-5)28-26-39(43)20-16-12-15-19-33-61-63-44-29-27-41(34-45(44)56-4)37(3)48(53)58-6/h21-30,34-35H,1,3,7-20,31-33H2,2,4-6H3/b30-23+. The molecule has 3 aromatic carbocycles. The second kappa shape index (κ2) is 29.2. The van der Waals surface area contributed by atoms with E-state index < -0.39 is 23.9 Å². The number of ether oxygens (including phenoxy) is 6. The van der Waals surface area contributed by atoms with Crippen LogP contribution in [0.15, 0.2) is 85.5 Å². The van der Waals surface area contributed by atoms with Gasteiger partial charge in [0.1, 0.15) is 5.75 Å². The summed E-state index contributed by atoms with van der Waals surface area (Å²) < 4.78 is 31.3. The fraction of sp³-hybridized carbons (Fsp3) is 0.420. The summed E-state index contributed by atoms with van der Waals surface area (Å²) in [5.74, 6) is -1.48. The topological polar surface area (TPSA) is 159 Å². The highest BCUT2D eigenvalue weighted by molar-refractivity contribution is 6.15. The summed E-state index contributed by atoms with van der Waals surface area (Å²) in [5, 5.41) is 0. The van der Waals surface area contributed by atoms with Crippen LogP contribution in [0.1, 0.15) is 128 Å². The maximum atomic E-state index is 13.5. The Hall–Kier alpha value is -6.21. The average Bonchev–Trinajstić information content (AvgIpc) is 3.30. The zero-order chi connectivity index (χ0) is 45.8. The van der Waals surface area contributed by atoms with Crippen LogP contribution in [-0.2, 0) is 44.6 Å². The normalized spacial score (nSPS) is 10.8. The van der Waals surface area contributed by atoms with Crippen molar-refractivity contribution >= 4 is 41.5 Å². The molecule has 13 nitrogen and oxygen atoms in total. The molecule has 13 heteroatoms. The third kappa shape index (κ3) is 19.2. The second-order valence-corrected chi connectivity index (χ2v) is 14.8. The summed E-state index contributed by atoms with van der Waals surface area (Å²) in [6.07, 6.45) is 15.7. The van der Waals surface area contributed by atoms with Crippen LogP contribution in [0.2, 0.25) is 0 Å². The lowest BCUT2D eigenvalue weighted by molar-refractivity contribution is -0.208. The van der Waals surface area contributed by atoms with Crippen LogP contribution >= 0.6 is 0 Å². The highest BCUT2D eigenvalue weighted by Crippen LogP contribution is 2.31. The van der Waals surface area contributed by atoms with E-state index in [1.165, 1.54) is 27.4 Å². The number of esters is 5. The highest BCUT2D eigenvalue weighted by Gasteiger charge is 2.18. The Labute approximate surface area is 371 Å². The summed E-state index contributed by atoms with van der Waals surface area (Å²) >= 11 is 0. The van der Waals surface area contributed by atoms with Crippen molar-refractivity contribution in [1.29, 1.82) is 0 Å². The predicted octanol–water partition coefficient (Wildman–Crippen LogP) is 10.2. The van der Waals surface area contributed by atoms with Gasteiger partial charge in [-0.3, -0.25) is 0 Å². The number of benzene rings is 3. The number of methoxy groups -OCH3 is 3. The van der Waals surface area contributed by atoms with Crippen LogP contribution in [0.3, 0.4) is 0 Å². The Morgan fingerprint density at radius 1 is 0.587 bits per heavy atom. The smallest absolute Gasteiger partial charge is 0.343 e. The molecule has 0 aliphatic heterocycles. The molecule has 3 rings (SSSR count). The maximum Gasteiger partial charge on any atom is 0.343 e. The number of aryl methyl sites for hydroxylation is 1. The van der Waals surface area contributed by atoms with Gasteiger partial charge in [-0.1, -0.05) is 95.2 Å². The molecule has 0 saturated carbocycles. The van der Waals surface area contributed by atoms with E-state index in [0.29, 0.717) is 59.0 Å². The molecule has 0 aliphatic rings. The van der Waals surface area contributed by atoms with Gasteiger partial charge in [-0.05, 0) is 98.2 Å². The molecular weight excluding hydrogens is 809 g/mol. The first-order valence-corrected chi connectivity index (χ1v) is 21.4. The highest BCUT2D eigenvalue weighted by atomic mass is 17.2. The first-order valence-electron chi connectivity index (χ1n) is 21.4. The van der Waals surface area contributed by atoms with E-state index in [1.807, 2.05) is 0 Å². The first-order chi connectivity index (χ1) is 30.5. The Bertz CT molecular complexity index is 2000. The molecule has 0 aliphatic carbocycles. The van der Waals surface area contributed by atoms with E-state index in [0.717, 1.165) is 89.0 Å². The van der Waals surface area contributed by atoms with Gasteiger partial charge in [0.15, 0.2) is 5.75 Å². The number of carbonyl (C=O) groups excluding carboxylic acids is 5. The fourth-order valence-electron chi connectivity index (χ4n) is 6.23. The lowest BCUT2D eigenvalue weighted by Crippen LogP contribution is -2.12. The Kier molecular flexibility index (Phi) is 23.7. The van der Waals surface area contributed by atoms with Crippen molar-refractivity contribution < 1.29 is 62.2 Å². The summed E-state index contributed by atoms with van der Waals surface area (Å²) in [4.78, 5) is 72.1. The second-order valence-electron chi connectivity index (χ2n) is 14.8. The minimum Gasteiger partial charge on any atom is -0.493 e. The van der Waals surface area contributed by atoms with E-state index in [-0.39, 0.29) is 23.9 Å². The minimum absolute atomic E-state index is 0.192. The van der Waals surface area contributed by atoms with Gasteiger partial charge in [0.25, 0.3) is 0 Å². The zero-order valence-electron chi connectivity index (χ0n) is 37.2. The van der Waals surface area contributed by atoms with Crippen molar-refractivity contribution in [2.45, 2.75) is 96.8 Å². The van der Waals surface area contributed by atoms with E-state index >= 15 is 0 Å². The zero-order valence-corrected chi connectivity index (χ0v) is 37.2. The van der Waals surface area contributed by atoms with Crippen molar-refractivity contribution in [2.75, 3.05) is 41.2 Å². The van der Waals surface area contributed by atoms with Gasteiger partial charge >= 0.3 is 29.8 Å². The largest absolute Gasteiger partial charge is 0.493 e. The number of carbonyl (C=O) groups is 5. The van der Waals surface area contributed by atoms with Crippen LogP contribution < -0.4 is 14.4 Å². The molecule has 0 saturated heterocycles. The van der Waals surface area contributed by atoms with Gasteiger partial charge < -0.3 is 33.3 Å². The quantitative estimate of drug-likeness (QED) is 0.0119. The van der Waals surface area contributed by atoms with Crippen molar-refractivity contribution in [3.63, 3.8) is 0 Å². The summed E-state index contributed by atoms with van der Waals surface area (Å²) in [7, 11) is 4.07. The van der Waals surface area contributed by atoms with E-state index in [9.17, 15) is 24.0 Å². The molecule has 0 N–H and O–H groups in total. The van der Waals surface area contributed by atoms with Gasteiger partial charge in [-0.25, -0.2) is 24.0 Å². The van der Waals surface area contributed by atoms with Crippen LogP contribution in [0.5, 0.6) is 17.2 Å². The molecule has 340 valence electrons. The van der Waals surface area contributed by atoms with Gasteiger partial charge in [0.05, 0.1) is 57.9 Å². The number of hydrogen-bond acceptors (Lipinski definition) is 13. The van der Waals surface area contributed by atoms with Crippen molar-refractivity contribution in [2.24, 2.45) is 0 Å². The minimum atomic E-state index is -0.596. The molecule has 63 heavy (non-hydrogen) atoms. The molecule has 0 bridgehead atoms. The summed E-state index contributed by atoms with van der Waals surface area (Å²) in [5.41, 5.74) is 3.29. The molecule has 0 unspecified atom stereocenters. The summed E-state index contributed by atoms with van der Waals surface area (Å²) in [6, 6.07) is 16.5. The lowest BCUT2D eigenvalue weighted by Gasteiger charge is -2.13. The predicted molar refractivity (Wildman–Crippen MR) is 239 cm³/mol. The first kappa shape index (κ1) is 51.1. The van der Waals surface area contributed by atoms with Crippen LogP contribution in [0, 0.1) is 0 Å². The van der Waals surface area contributed by atoms with Crippen LogP contribution in [0.4, 0.5) is 0 Å². The van der Waals surface area contributed by atoms with Gasteiger partial charge in [0, 0.05) is 11.6 Å². The van der Waals surface area contributed by atoms with E-state index in [1.54, 1.807) is 73.7 Å². The van der Waals surface area contributed by atoms with Crippen molar-refractivity contribution in [1.82, 2.24) is 0 Å². The maximum absolute atomic E-state index is 13.5. The molecule has 0 heterocycles. The molecule has 0 aromatic heterocycles. The molecule has 0 fully saturated rings. The third-order valence-electron chi connectivity index (χ3n) is 9.89. The molecule has 0 atom stereocenters. The molecule has 0 amide bonds. The Balaban J connectivity index is 1.48. The fourth-order valence-corrected chi connectivity index (χ4v) is 6.23. The summed E-state index contributed by atoms with van der Waals surface area (Å²) in [6.45, 7) is 10.0. The average molecular weight is 871 g/mol. The van der Waals surface area contributed by atoms with Gasteiger partial charge in [0.2, 0.25) is 5.75 Å². The molecule has 3 aromatic rings. The molecule has 0 spiro atoms. The monoisotopic (exact) mass is 870 g/mol. The van der Waals surface area contributed by atoms with Gasteiger partial charge in [-0.15, -0.1) is 0 Å². The Morgan fingerprint density at radius 2 is 1.19 bits per heavy atom. The number of rotatable bonds is 30. The lowest BCUT2D eigenvalue weighted by atomic mass is 10.0. The van der Waals surface area contributed by atoms with E-state index in [4.69, 9.17) is 33.5 Å². The van der Waals surface area contributed by atoms with E-state index in [2.05, 4.69) is 17.9 Å². The SMILES string of the molecule is C=C(C)C(=O)OCCCCCCCCCCCOC(=O)c1cc(OC(=O)c2ccc(/C=C/C(=O)OC)cc2)ccc1CCCCCCOOc1ccc(C(=C)C(=O)OC)cc1OC.